The monoisotopic (exact) mass is 281 g/mol. The third-order valence-corrected chi connectivity index (χ3v) is 2.78. The van der Waals surface area contributed by atoms with Gasteiger partial charge in [-0.15, -0.1) is 0 Å². The average molecular weight is 282 g/mol. The van der Waals surface area contributed by atoms with Gasteiger partial charge in [-0.25, -0.2) is 4.98 Å². The standard InChI is InChI=1S/C13H9Cl2NO2/c1-8(17)10-3-2-6-16-13(10)18-12-5-4-9(14)7-11(12)15/h2-7H,1H3. The second-order valence-electron chi connectivity index (χ2n) is 3.59. The topological polar surface area (TPSA) is 39.2 Å². The first-order valence-corrected chi connectivity index (χ1v) is 5.92. The molecule has 0 bridgehead atoms. The Morgan fingerprint density at radius 2 is 2.06 bits per heavy atom. The molecule has 0 aliphatic rings. The van der Waals surface area contributed by atoms with Gasteiger partial charge in [-0.1, -0.05) is 23.2 Å². The van der Waals surface area contributed by atoms with Crippen molar-refractivity contribution in [2.75, 3.05) is 0 Å². The molecule has 0 saturated heterocycles. The van der Waals surface area contributed by atoms with E-state index in [4.69, 9.17) is 27.9 Å². The van der Waals surface area contributed by atoms with E-state index in [2.05, 4.69) is 4.98 Å². The summed E-state index contributed by atoms with van der Waals surface area (Å²) in [5, 5.41) is 0.878. The molecule has 1 heterocycles. The summed E-state index contributed by atoms with van der Waals surface area (Å²) in [6.07, 6.45) is 1.55. The van der Waals surface area contributed by atoms with Crippen LogP contribution in [0.2, 0.25) is 10.0 Å². The van der Waals surface area contributed by atoms with E-state index >= 15 is 0 Å². The van der Waals surface area contributed by atoms with E-state index in [-0.39, 0.29) is 11.7 Å². The van der Waals surface area contributed by atoms with E-state index in [0.717, 1.165) is 0 Å². The fraction of sp³-hybridized carbons (Fsp3) is 0.0769. The first kappa shape index (κ1) is 12.9. The number of carbonyl (C=O) groups is 1. The number of pyridine rings is 1. The summed E-state index contributed by atoms with van der Waals surface area (Å²) in [6.45, 7) is 1.45. The van der Waals surface area contributed by atoms with Crippen LogP contribution in [0.4, 0.5) is 0 Å². The van der Waals surface area contributed by atoms with Crippen molar-refractivity contribution in [3.8, 4) is 11.6 Å². The van der Waals surface area contributed by atoms with Gasteiger partial charge < -0.3 is 4.74 Å². The Bertz CT molecular complexity index is 599. The van der Waals surface area contributed by atoms with Crippen molar-refractivity contribution in [1.29, 1.82) is 0 Å². The van der Waals surface area contributed by atoms with Crippen LogP contribution in [0.3, 0.4) is 0 Å². The summed E-state index contributed by atoms with van der Waals surface area (Å²) < 4.78 is 5.53. The van der Waals surface area contributed by atoms with Crippen LogP contribution in [0.25, 0.3) is 0 Å². The van der Waals surface area contributed by atoms with Crippen LogP contribution in [-0.2, 0) is 0 Å². The predicted octanol–water partition coefficient (Wildman–Crippen LogP) is 4.38. The molecule has 18 heavy (non-hydrogen) atoms. The number of hydrogen-bond donors (Lipinski definition) is 0. The second kappa shape index (κ2) is 5.38. The van der Waals surface area contributed by atoms with Gasteiger partial charge in [-0.05, 0) is 37.3 Å². The summed E-state index contributed by atoms with van der Waals surface area (Å²) in [5.41, 5.74) is 0.406. The van der Waals surface area contributed by atoms with Crippen LogP contribution in [0, 0.1) is 0 Å². The van der Waals surface area contributed by atoms with E-state index in [1.165, 1.54) is 6.92 Å². The maximum atomic E-state index is 11.4. The third-order valence-electron chi connectivity index (χ3n) is 2.25. The number of nitrogens with zero attached hydrogens (tertiary/aromatic N) is 1. The fourth-order valence-electron chi connectivity index (χ4n) is 1.40. The van der Waals surface area contributed by atoms with E-state index in [1.807, 2.05) is 0 Å². The van der Waals surface area contributed by atoms with Crippen molar-refractivity contribution in [3.63, 3.8) is 0 Å². The van der Waals surface area contributed by atoms with Gasteiger partial charge in [-0.2, -0.15) is 0 Å². The van der Waals surface area contributed by atoms with Crippen molar-refractivity contribution in [2.45, 2.75) is 6.92 Å². The first-order valence-electron chi connectivity index (χ1n) is 5.17. The highest BCUT2D eigenvalue weighted by molar-refractivity contribution is 6.35. The molecule has 0 amide bonds. The van der Waals surface area contributed by atoms with Crippen molar-refractivity contribution >= 4 is 29.0 Å². The largest absolute Gasteiger partial charge is 0.437 e. The van der Waals surface area contributed by atoms with E-state index in [1.54, 1.807) is 36.5 Å². The predicted molar refractivity (Wildman–Crippen MR) is 70.8 cm³/mol. The first-order chi connectivity index (χ1) is 8.58. The zero-order chi connectivity index (χ0) is 13.1. The highest BCUT2D eigenvalue weighted by Crippen LogP contribution is 2.32. The second-order valence-corrected chi connectivity index (χ2v) is 4.43. The molecule has 0 saturated carbocycles. The Hall–Kier alpha value is -1.58. The minimum Gasteiger partial charge on any atom is -0.437 e. The molecule has 1 aromatic carbocycles. The molecule has 5 heteroatoms. The molecule has 2 aromatic rings. The SMILES string of the molecule is CC(=O)c1cccnc1Oc1ccc(Cl)cc1Cl. The molecule has 0 spiro atoms. The van der Waals surface area contributed by atoms with E-state index in [0.29, 0.717) is 21.4 Å². The molecular formula is C13H9Cl2NO2. The Morgan fingerprint density at radius 1 is 1.28 bits per heavy atom. The van der Waals surface area contributed by atoms with Crippen LogP contribution >= 0.6 is 23.2 Å². The fourth-order valence-corrected chi connectivity index (χ4v) is 1.85. The zero-order valence-electron chi connectivity index (χ0n) is 9.48. The van der Waals surface area contributed by atoms with Crippen LogP contribution in [0.1, 0.15) is 17.3 Å². The van der Waals surface area contributed by atoms with Crippen LogP contribution in [0.5, 0.6) is 11.6 Å². The lowest BCUT2D eigenvalue weighted by molar-refractivity contribution is 0.101. The summed E-state index contributed by atoms with van der Waals surface area (Å²) in [5.74, 6) is 0.514. The lowest BCUT2D eigenvalue weighted by atomic mass is 10.2. The number of carbonyl (C=O) groups excluding carboxylic acids is 1. The molecular weight excluding hydrogens is 273 g/mol. The molecule has 0 radical (unpaired) electrons. The van der Waals surface area contributed by atoms with Gasteiger partial charge in [0, 0.05) is 11.2 Å². The quantitative estimate of drug-likeness (QED) is 0.784. The van der Waals surface area contributed by atoms with Gasteiger partial charge in [0.1, 0.15) is 5.75 Å². The van der Waals surface area contributed by atoms with Gasteiger partial charge in [0.25, 0.3) is 0 Å². The molecule has 2 rings (SSSR count). The van der Waals surface area contributed by atoms with Crippen molar-refractivity contribution in [1.82, 2.24) is 4.98 Å². The molecule has 0 fully saturated rings. The molecule has 1 aromatic heterocycles. The third kappa shape index (κ3) is 2.81. The molecule has 0 N–H and O–H groups in total. The minimum atomic E-state index is -0.122. The summed E-state index contributed by atoms with van der Waals surface area (Å²) in [6, 6.07) is 8.17. The lowest BCUT2D eigenvalue weighted by Crippen LogP contribution is -1.99. The van der Waals surface area contributed by atoms with Crippen LogP contribution in [0.15, 0.2) is 36.5 Å². The zero-order valence-corrected chi connectivity index (χ0v) is 11.0. The number of aromatic nitrogens is 1. The van der Waals surface area contributed by atoms with Gasteiger partial charge in [0.05, 0.1) is 10.6 Å². The highest BCUT2D eigenvalue weighted by atomic mass is 35.5. The average Bonchev–Trinajstić information content (AvgIpc) is 2.33. The molecule has 0 aliphatic heterocycles. The van der Waals surface area contributed by atoms with Gasteiger partial charge in [-0.3, -0.25) is 4.79 Å². The van der Waals surface area contributed by atoms with Gasteiger partial charge in [0.2, 0.25) is 5.88 Å². The maximum absolute atomic E-state index is 11.4. The van der Waals surface area contributed by atoms with E-state index < -0.39 is 0 Å². The lowest BCUT2D eigenvalue weighted by Gasteiger charge is -2.09. The summed E-state index contributed by atoms with van der Waals surface area (Å²) in [7, 11) is 0. The Morgan fingerprint density at radius 3 is 2.72 bits per heavy atom. The Balaban J connectivity index is 2.37. The number of benzene rings is 1. The summed E-state index contributed by atoms with van der Waals surface area (Å²) in [4.78, 5) is 15.4. The maximum Gasteiger partial charge on any atom is 0.230 e. The number of ketones is 1. The number of ether oxygens (including phenoxy) is 1. The molecule has 0 aliphatic carbocycles. The normalized spacial score (nSPS) is 10.2. The number of hydrogen-bond acceptors (Lipinski definition) is 3. The summed E-state index contributed by atoms with van der Waals surface area (Å²) >= 11 is 11.8. The van der Waals surface area contributed by atoms with Crippen molar-refractivity contribution < 1.29 is 9.53 Å². The van der Waals surface area contributed by atoms with Crippen LogP contribution < -0.4 is 4.74 Å². The molecule has 0 atom stereocenters. The Labute approximate surface area is 114 Å². The van der Waals surface area contributed by atoms with E-state index in [9.17, 15) is 4.79 Å². The molecule has 3 nitrogen and oxygen atoms in total. The van der Waals surface area contributed by atoms with Gasteiger partial charge >= 0.3 is 0 Å². The smallest absolute Gasteiger partial charge is 0.230 e. The Kier molecular flexibility index (Phi) is 3.84. The number of rotatable bonds is 3. The minimum absolute atomic E-state index is 0.122. The van der Waals surface area contributed by atoms with Crippen molar-refractivity contribution in [2.24, 2.45) is 0 Å². The highest BCUT2D eigenvalue weighted by Gasteiger charge is 2.11. The molecule has 92 valence electrons. The van der Waals surface area contributed by atoms with Gasteiger partial charge in [0.15, 0.2) is 5.78 Å². The van der Waals surface area contributed by atoms with Crippen molar-refractivity contribution in [3.05, 3.63) is 52.1 Å². The number of halogens is 2. The van der Waals surface area contributed by atoms with Crippen LogP contribution in [-0.4, -0.2) is 10.8 Å². The molecule has 0 unspecified atom stereocenters. The number of Topliss-reactive ketones (excluding diaryl/α,β-unsaturated/α-hetero) is 1.